The molecule has 0 saturated heterocycles. The molecule has 0 unspecified atom stereocenters. The molecule has 5 nitrogen and oxygen atoms in total. The van der Waals surface area contributed by atoms with Gasteiger partial charge in [-0.2, -0.15) is 0 Å². The van der Waals surface area contributed by atoms with E-state index in [1.165, 1.54) is 24.3 Å². The van der Waals surface area contributed by atoms with Gasteiger partial charge in [0.05, 0.1) is 15.5 Å². The van der Waals surface area contributed by atoms with Crippen LogP contribution < -0.4 is 4.72 Å². The molecule has 0 aromatic heterocycles. The molecule has 0 aliphatic rings. The van der Waals surface area contributed by atoms with Gasteiger partial charge < -0.3 is 0 Å². The van der Waals surface area contributed by atoms with Crippen molar-refractivity contribution in [1.29, 1.82) is 0 Å². The zero-order valence-electron chi connectivity index (χ0n) is 11.4. The van der Waals surface area contributed by atoms with Gasteiger partial charge in [0.15, 0.2) is 9.84 Å². The van der Waals surface area contributed by atoms with E-state index >= 15 is 0 Å². The van der Waals surface area contributed by atoms with Crippen molar-refractivity contribution in [1.82, 2.24) is 4.72 Å². The van der Waals surface area contributed by atoms with Crippen LogP contribution in [0.3, 0.4) is 0 Å². The van der Waals surface area contributed by atoms with Gasteiger partial charge in [-0.05, 0) is 30.3 Å². The van der Waals surface area contributed by atoms with Gasteiger partial charge in [-0.3, -0.25) is 0 Å². The van der Waals surface area contributed by atoms with Gasteiger partial charge in [0.2, 0.25) is 10.0 Å². The molecule has 0 atom stereocenters. The zero-order chi connectivity index (χ0) is 16.2. The minimum absolute atomic E-state index is 0.0824. The van der Waals surface area contributed by atoms with E-state index in [4.69, 9.17) is 0 Å². The SMILES string of the molecule is O=S(=O)(CCNS(=O)(=O)c1cccc(Br)c1)c1ccccc1. The largest absolute Gasteiger partial charge is 0.240 e. The van der Waals surface area contributed by atoms with E-state index in [9.17, 15) is 16.8 Å². The second-order valence-electron chi connectivity index (χ2n) is 4.49. The van der Waals surface area contributed by atoms with Crippen LogP contribution >= 0.6 is 15.9 Å². The Kier molecular flexibility index (Phi) is 5.38. The number of nitrogens with one attached hydrogen (secondary N) is 1. The summed E-state index contributed by atoms with van der Waals surface area (Å²) >= 11 is 3.20. The number of hydrogen-bond donors (Lipinski definition) is 1. The zero-order valence-corrected chi connectivity index (χ0v) is 14.7. The van der Waals surface area contributed by atoms with Crippen molar-refractivity contribution in [3.05, 3.63) is 59.1 Å². The maximum Gasteiger partial charge on any atom is 0.240 e. The molecular formula is C14H14BrNO4S2. The minimum Gasteiger partial charge on any atom is -0.224 e. The number of halogens is 1. The fraction of sp³-hybridized carbons (Fsp3) is 0.143. The summed E-state index contributed by atoms with van der Waals surface area (Å²) < 4.78 is 51.2. The molecule has 2 aromatic carbocycles. The Morgan fingerprint density at radius 3 is 2.14 bits per heavy atom. The van der Waals surface area contributed by atoms with Gasteiger partial charge in [0, 0.05) is 11.0 Å². The molecule has 118 valence electrons. The summed E-state index contributed by atoms with van der Waals surface area (Å²) in [6.45, 7) is -0.188. The van der Waals surface area contributed by atoms with Gasteiger partial charge in [-0.1, -0.05) is 40.2 Å². The van der Waals surface area contributed by atoms with Gasteiger partial charge in [0.1, 0.15) is 0 Å². The van der Waals surface area contributed by atoms with Crippen LogP contribution in [0.2, 0.25) is 0 Å². The van der Waals surface area contributed by atoms with Crippen LogP contribution in [0.1, 0.15) is 0 Å². The molecule has 8 heteroatoms. The van der Waals surface area contributed by atoms with Crippen molar-refractivity contribution in [2.24, 2.45) is 0 Å². The first kappa shape index (κ1) is 17.1. The Balaban J connectivity index is 2.05. The molecule has 22 heavy (non-hydrogen) atoms. The highest BCUT2D eigenvalue weighted by molar-refractivity contribution is 9.10. The lowest BCUT2D eigenvalue weighted by molar-refractivity contribution is 0.581. The highest BCUT2D eigenvalue weighted by Crippen LogP contribution is 2.16. The highest BCUT2D eigenvalue weighted by Gasteiger charge is 2.18. The predicted molar refractivity (Wildman–Crippen MR) is 87.8 cm³/mol. The third kappa shape index (κ3) is 4.39. The lowest BCUT2D eigenvalue weighted by atomic mass is 10.4. The minimum atomic E-state index is -3.73. The fourth-order valence-corrected chi connectivity index (χ4v) is 4.71. The highest BCUT2D eigenvalue weighted by atomic mass is 79.9. The number of sulfone groups is 1. The smallest absolute Gasteiger partial charge is 0.224 e. The fourth-order valence-electron chi connectivity index (χ4n) is 1.77. The Labute approximate surface area is 138 Å². The van der Waals surface area contributed by atoms with E-state index in [0.29, 0.717) is 4.47 Å². The number of benzene rings is 2. The third-order valence-electron chi connectivity index (χ3n) is 2.87. The molecule has 0 saturated carbocycles. The van der Waals surface area contributed by atoms with Crippen molar-refractivity contribution >= 4 is 35.8 Å². The van der Waals surface area contributed by atoms with Crippen molar-refractivity contribution in [3.8, 4) is 0 Å². The lowest BCUT2D eigenvalue weighted by Crippen LogP contribution is -2.29. The molecule has 0 bridgehead atoms. The van der Waals surface area contributed by atoms with Crippen LogP contribution in [0.15, 0.2) is 68.9 Å². The lowest BCUT2D eigenvalue weighted by Gasteiger charge is -2.08. The standard InChI is InChI=1S/C14H14BrNO4S2/c15-12-5-4-8-14(11-12)22(19,20)16-9-10-21(17,18)13-6-2-1-3-7-13/h1-8,11,16H,9-10H2. The normalized spacial score (nSPS) is 12.2. The second-order valence-corrected chi connectivity index (χ2v) is 9.28. The van der Waals surface area contributed by atoms with Crippen molar-refractivity contribution < 1.29 is 16.8 Å². The first-order valence-corrected chi connectivity index (χ1v) is 10.3. The summed E-state index contributed by atoms with van der Waals surface area (Å²) in [5, 5.41) is 0. The van der Waals surface area contributed by atoms with Crippen molar-refractivity contribution in [3.63, 3.8) is 0 Å². The summed E-state index contributed by atoms with van der Waals surface area (Å²) in [5.41, 5.74) is 0. The molecule has 0 spiro atoms. The first-order valence-electron chi connectivity index (χ1n) is 6.34. The van der Waals surface area contributed by atoms with Crippen LogP contribution in [-0.2, 0) is 19.9 Å². The quantitative estimate of drug-likeness (QED) is 0.801. The van der Waals surface area contributed by atoms with Crippen LogP contribution in [0.5, 0.6) is 0 Å². The van der Waals surface area contributed by atoms with Crippen LogP contribution in [-0.4, -0.2) is 29.1 Å². The van der Waals surface area contributed by atoms with Crippen molar-refractivity contribution in [2.45, 2.75) is 9.79 Å². The molecule has 1 N–H and O–H groups in total. The van der Waals surface area contributed by atoms with Gasteiger partial charge in [-0.15, -0.1) is 0 Å². The Morgan fingerprint density at radius 2 is 1.50 bits per heavy atom. The molecule has 0 fully saturated rings. The van der Waals surface area contributed by atoms with Gasteiger partial charge >= 0.3 is 0 Å². The average molecular weight is 404 g/mol. The van der Waals surface area contributed by atoms with Crippen LogP contribution in [0.25, 0.3) is 0 Å². The summed E-state index contributed by atoms with van der Waals surface area (Å²) in [6, 6.07) is 14.1. The van der Waals surface area contributed by atoms with Gasteiger partial charge in [0.25, 0.3) is 0 Å². The van der Waals surface area contributed by atoms with Crippen LogP contribution in [0, 0.1) is 0 Å². The molecule has 2 aromatic rings. The van der Waals surface area contributed by atoms with E-state index in [1.807, 2.05) is 0 Å². The topological polar surface area (TPSA) is 80.3 Å². The summed E-state index contributed by atoms with van der Waals surface area (Å²) in [6.07, 6.45) is 0. The Hall–Kier alpha value is -1.22. The maximum atomic E-state index is 12.1. The van der Waals surface area contributed by atoms with E-state index in [2.05, 4.69) is 20.7 Å². The Bertz CT molecular complexity index is 849. The van der Waals surface area contributed by atoms with E-state index < -0.39 is 19.9 Å². The van der Waals surface area contributed by atoms with Crippen molar-refractivity contribution in [2.75, 3.05) is 12.3 Å². The molecule has 0 radical (unpaired) electrons. The molecule has 0 heterocycles. The first-order chi connectivity index (χ1) is 10.3. The van der Waals surface area contributed by atoms with Crippen LogP contribution in [0.4, 0.5) is 0 Å². The molecule has 2 rings (SSSR count). The predicted octanol–water partition coefficient (Wildman–Crippen LogP) is 2.20. The monoisotopic (exact) mass is 403 g/mol. The van der Waals surface area contributed by atoms with E-state index in [-0.39, 0.29) is 22.1 Å². The Morgan fingerprint density at radius 1 is 0.864 bits per heavy atom. The molecule has 0 aliphatic carbocycles. The average Bonchev–Trinajstić information content (AvgIpc) is 2.48. The number of rotatable bonds is 6. The maximum absolute atomic E-state index is 12.1. The third-order valence-corrected chi connectivity index (χ3v) is 6.56. The molecule has 0 amide bonds. The molecular weight excluding hydrogens is 390 g/mol. The van der Waals surface area contributed by atoms with E-state index in [1.54, 1.807) is 30.3 Å². The molecule has 0 aliphatic heterocycles. The number of hydrogen-bond acceptors (Lipinski definition) is 4. The summed E-state index contributed by atoms with van der Waals surface area (Å²) in [7, 11) is -7.24. The summed E-state index contributed by atoms with van der Waals surface area (Å²) in [4.78, 5) is 0.260. The number of sulfonamides is 1. The van der Waals surface area contributed by atoms with E-state index in [0.717, 1.165) is 0 Å². The van der Waals surface area contributed by atoms with Gasteiger partial charge in [-0.25, -0.2) is 21.6 Å². The summed E-state index contributed by atoms with van der Waals surface area (Å²) in [5.74, 6) is -0.301. The second kappa shape index (κ2) is 6.91.